The number of aromatic nitrogens is 1. The van der Waals surface area contributed by atoms with E-state index in [1.54, 1.807) is 24.4 Å². The molecule has 0 unspecified atom stereocenters. The highest BCUT2D eigenvalue weighted by Gasteiger charge is 2.10. The quantitative estimate of drug-likeness (QED) is 0.736. The van der Waals surface area contributed by atoms with Crippen LogP contribution in [-0.4, -0.2) is 19.7 Å². The van der Waals surface area contributed by atoms with Crippen LogP contribution in [0.25, 0.3) is 10.9 Å². The van der Waals surface area contributed by atoms with E-state index in [9.17, 15) is 8.42 Å². The smallest absolute Gasteiger partial charge is 0.175 e. The lowest BCUT2D eigenvalue weighted by atomic mass is 10.2. The van der Waals surface area contributed by atoms with E-state index >= 15 is 0 Å². The number of benzene rings is 1. The Hall–Kier alpha value is -1.62. The van der Waals surface area contributed by atoms with Crippen LogP contribution in [0.15, 0.2) is 35.4 Å². The van der Waals surface area contributed by atoms with Crippen LogP contribution >= 0.6 is 0 Å². The fourth-order valence-corrected chi connectivity index (χ4v) is 2.09. The third-order valence-corrected chi connectivity index (χ3v) is 3.23. The van der Waals surface area contributed by atoms with Crippen LogP contribution in [0, 0.1) is 0 Å². The van der Waals surface area contributed by atoms with E-state index in [1.807, 2.05) is 0 Å². The summed E-state index contributed by atoms with van der Waals surface area (Å²) >= 11 is 0. The van der Waals surface area contributed by atoms with Gasteiger partial charge >= 0.3 is 0 Å². The van der Waals surface area contributed by atoms with E-state index in [2.05, 4.69) is 4.98 Å². The number of nitrogen functional groups attached to an aromatic ring is 1. The summed E-state index contributed by atoms with van der Waals surface area (Å²) in [5, 5.41) is 0.734. The predicted molar refractivity (Wildman–Crippen MR) is 59.3 cm³/mol. The molecule has 78 valence electrons. The number of nitrogens with zero attached hydrogens (tertiary/aromatic N) is 1. The number of sulfone groups is 1. The van der Waals surface area contributed by atoms with Crippen molar-refractivity contribution in [1.29, 1.82) is 0 Å². The molecule has 0 bridgehead atoms. The Kier molecular flexibility index (Phi) is 2.12. The van der Waals surface area contributed by atoms with Gasteiger partial charge in [-0.2, -0.15) is 0 Å². The Bertz CT molecular complexity index is 620. The highest BCUT2D eigenvalue weighted by Crippen LogP contribution is 2.23. The van der Waals surface area contributed by atoms with Gasteiger partial charge < -0.3 is 5.73 Å². The summed E-state index contributed by atoms with van der Waals surface area (Å²) in [6, 6.07) is 6.54. The minimum Gasteiger partial charge on any atom is -0.397 e. The van der Waals surface area contributed by atoms with Crippen LogP contribution < -0.4 is 5.73 Å². The van der Waals surface area contributed by atoms with E-state index in [1.165, 1.54) is 6.07 Å². The highest BCUT2D eigenvalue weighted by atomic mass is 32.2. The van der Waals surface area contributed by atoms with Crippen molar-refractivity contribution in [3.63, 3.8) is 0 Å². The van der Waals surface area contributed by atoms with Gasteiger partial charge in [-0.1, -0.05) is 6.07 Å². The molecule has 2 rings (SSSR count). The van der Waals surface area contributed by atoms with Gasteiger partial charge in [0.15, 0.2) is 9.84 Å². The molecule has 2 aromatic rings. The number of nitrogens with two attached hydrogens (primary N) is 1. The molecular formula is C10H10N2O2S. The first-order valence-electron chi connectivity index (χ1n) is 4.33. The Balaban J connectivity index is 2.85. The van der Waals surface area contributed by atoms with Gasteiger partial charge in [0.1, 0.15) is 0 Å². The molecule has 1 aromatic heterocycles. The predicted octanol–water partition coefficient (Wildman–Crippen LogP) is 1.22. The van der Waals surface area contributed by atoms with Crippen LogP contribution in [0.1, 0.15) is 0 Å². The molecule has 0 aliphatic rings. The van der Waals surface area contributed by atoms with Crippen LogP contribution in [-0.2, 0) is 9.84 Å². The van der Waals surface area contributed by atoms with Crippen molar-refractivity contribution in [2.24, 2.45) is 0 Å². The minimum atomic E-state index is -3.22. The van der Waals surface area contributed by atoms with E-state index in [4.69, 9.17) is 5.73 Å². The summed E-state index contributed by atoms with van der Waals surface area (Å²) in [7, 11) is -3.22. The van der Waals surface area contributed by atoms with Crippen LogP contribution in [0.5, 0.6) is 0 Å². The van der Waals surface area contributed by atoms with Gasteiger partial charge in [-0.3, -0.25) is 4.98 Å². The average Bonchev–Trinajstić information content (AvgIpc) is 2.16. The van der Waals surface area contributed by atoms with Crippen molar-refractivity contribution in [3.8, 4) is 0 Å². The minimum absolute atomic E-state index is 0.223. The number of fused-ring (bicyclic) bond motifs is 1. The zero-order valence-corrected chi connectivity index (χ0v) is 8.95. The second kappa shape index (κ2) is 3.20. The third-order valence-electron chi connectivity index (χ3n) is 2.14. The zero-order chi connectivity index (χ0) is 11.1. The molecular weight excluding hydrogens is 212 g/mol. The highest BCUT2D eigenvalue weighted by molar-refractivity contribution is 7.90. The van der Waals surface area contributed by atoms with Crippen molar-refractivity contribution in [2.45, 2.75) is 4.90 Å². The second-order valence-corrected chi connectivity index (χ2v) is 5.38. The summed E-state index contributed by atoms with van der Waals surface area (Å²) < 4.78 is 22.7. The number of pyridine rings is 1. The SMILES string of the molecule is CS(=O)(=O)c1cc(N)c2ncccc2c1. The molecule has 2 N–H and O–H groups in total. The van der Waals surface area contributed by atoms with E-state index < -0.39 is 9.84 Å². The molecule has 4 nitrogen and oxygen atoms in total. The van der Waals surface area contributed by atoms with Gasteiger partial charge in [-0.15, -0.1) is 0 Å². The van der Waals surface area contributed by atoms with Crippen molar-refractivity contribution in [3.05, 3.63) is 30.5 Å². The number of rotatable bonds is 1. The summed E-state index contributed by atoms with van der Waals surface area (Å²) in [6.07, 6.45) is 2.78. The fourth-order valence-electron chi connectivity index (χ4n) is 1.41. The fraction of sp³-hybridized carbons (Fsp3) is 0.100. The first-order chi connectivity index (χ1) is 6.98. The Labute approximate surface area is 87.7 Å². The van der Waals surface area contributed by atoms with Crippen LogP contribution in [0.4, 0.5) is 5.69 Å². The van der Waals surface area contributed by atoms with Gasteiger partial charge in [0.05, 0.1) is 16.1 Å². The van der Waals surface area contributed by atoms with Gasteiger partial charge in [0.25, 0.3) is 0 Å². The molecule has 0 amide bonds. The summed E-state index contributed by atoms with van der Waals surface area (Å²) in [6.45, 7) is 0. The second-order valence-electron chi connectivity index (χ2n) is 3.36. The van der Waals surface area contributed by atoms with Gasteiger partial charge in [-0.05, 0) is 18.2 Å². The lowest BCUT2D eigenvalue weighted by Gasteiger charge is -2.04. The Morgan fingerprint density at radius 2 is 2.07 bits per heavy atom. The first kappa shape index (κ1) is 9.92. The van der Waals surface area contributed by atoms with Crippen LogP contribution in [0.3, 0.4) is 0 Å². The number of hydrogen-bond donors (Lipinski definition) is 1. The van der Waals surface area contributed by atoms with E-state index in [-0.39, 0.29) is 4.90 Å². The lowest BCUT2D eigenvalue weighted by molar-refractivity contribution is 0.602. The van der Waals surface area contributed by atoms with Crippen molar-refractivity contribution in [2.75, 3.05) is 12.0 Å². The molecule has 0 atom stereocenters. The Morgan fingerprint density at radius 1 is 1.33 bits per heavy atom. The van der Waals surface area contributed by atoms with Gasteiger partial charge in [0.2, 0.25) is 0 Å². The number of hydrogen-bond acceptors (Lipinski definition) is 4. The molecule has 0 saturated carbocycles. The monoisotopic (exact) mass is 222 g/mol. The van der Waals surface area contributed by atoms with Crippen molar-refractivity contribution < 1.29 is 8.42 Å². The molecule has 0 aliphatic carbocycles. The molecule has 0 saturated heterocycles. The molecule has 0 fully saturated rings. The normalized spacial score (nSPS) is 11.8. The van der Waals surface area contributed by atoms with Crippen LogP contribution in [0.2, 0.25) is 0 Å². The largest absolute Gasteiger partial charge is 0.397 e. The van der Waals surface area contributed by atoms with E-state index in [0.29, 0.717) is 11.2 Å². The van der Waals surface area contributed by atoms with Gasteiger partial charge in [0, 0.05) is 17.8 Å². The maximum Gasteiger partial charge on any atom is 0.175 e. The molecule has 0 spiro atoms. The summed E-state index contributed by atoms with van der Waals surface area (Å²) in [5.74, 6) is 0. The topological polar surface area (TPSA) is 73.0 Å². The zero-order valence-electron chi connectivity index (χ0n) is 8.14. The number of anilines is 1. The maximum absolute atomic E-state index is 11.4. The molecule has 5 heteroatoms. The third kappa shape index (κ3) is 1.78. The lowest BCUT2D eigenvalue weighted by Crippen LogP contribution is -1.99. The van der Waals surface area contributed by atoms with Crippen molar-refractivity contribution >= 4 is 26.4 Å². The molecule has 1 aromatic carbocycles. The Morgan fingerprint density at radius 3 is 2.73 bits per heavy atom. The molecule has 0 radical (unpaired) electrons. The molecule has 0 aliphatic heterocycles. The summed E-state index contributed by atoms with van der Waals surface area (Å²) in [5.41, 5.74) is 6.74. The molecule has 1 heterocycles. The maximum atomic E-state index is 11.4. The van der Waals surface area contributed by atoms with Gasteiger partial charge in [-0.25, -0.2) is 8.42 Å². The average molecular weight is 222 g/mol. The summed E-state index contributed by atoms with van der Waals surface area (Å²) in [4.78, 5) is 4.31. The molecule has 15 heavy (non-hydrogen) atoms. The van der Waals surface area contributed by atoms with E-state index in [0.717, 1.165) is 11.6 Å². The standard InChI is InChI=1S/C10H10N2O2S/c1-15(13,14)8-5-7-3-2-4-12-10(7)9(11)6-8/h2-6H,11H2,1H3. The van der Waals surface area contributed by atoms with Crippen molar-refractivity contribution in [1.82, 2.24) is 4.98 Å². The first-order valence-corrected chi connectivity index (χ1v) is 6.22.